The van der Waals surface area contributed by atoms with E-state index in [0.717, 1.165) is 11.1 Å². The lowest BCUT2D eigenvalue weighted by Gasteiger charge is -2.04. The van der Waals surface area contributed by atoms with Gasteiger partial charge in [0.1, 0.15) is 5.82 Å². The summed E-state index contributed by atoms with van der Waals surface area (Å²) in [6, 6.07) is 13.4. The molecule has 0 aliphatic carbocycles. The van der Waals surface area contributed by atoms with Gasteiger partial charge in [0.15, 0.2) is 0 Å². The zero-order chi connectivity index (χ0) is 15.2. The zero-order valence-electron chi connectivity index (χ0n) is 11.5. The molecule has 0 fully saturated rings. The Labute approximate surface area is 122 Å². The number of imide groups is 1. The van der Waals surface area contributed by atoms with Gasteiger partial charge >= 0.3 is 0 Å². The lowest BCUT2D eigenvalue weighted by molar-refractivity contribution is -0.115. The van der Waals surface area contributed by atoms with Crippen molar-refractivity contribution in [1.82, 2.24) is 5.32 Å². The summed E-state index contributed by atoms with van der Waals surface area (Å²) in [6.45, 7) is 1.74. The summed E-state index contributed by atoms with van der Waals surface area (Å²) in [6.07, 6.45) is 2.82. The van der Waals surface area contributed by atoms with Crippen LogP contribution in [0, 0.1) is 12.7 Å². The molecule has 0 heterocycles. The molecule has 2 aromatic carbocycles. The summed E-state index contributed by atoms with van der Waals surface area (Å²) in [5, 5.41) is 2.13. The van der Waals surface area contributed by atoms with Crippen molar-refractivity contribution in [2.75, 3.05) is 0 Å². The molecular weight excluding hydrogens is 269 g/mol. The first-order chi connectivity index (χ1) is 10.1. The Balaban J connectivity index is 2.04. The highest BCUT2D eigenvalue weighted by molar-refractivity contribution is 6.09. The van der Waals surface area contributed by atoms with Crippen LogP contribution in [0.2, 0.25) is 0 Å². The Kier molecular flexibility index (Phi) is 4.61. The van der Waals surface area contributed by atoms with Crippen molar-refractivity contribution in [3.8, 4) is 0 Å². The second-order valence-electron chi connectivity index (χ2n) is 4.55. The molecule has 4 heteroatoms. The van der Waals surface area contributed by atoms with Crippen LogP contribution < -0.4 is 5.32 Å². The van der Waals surface area contributed by atoms with Crippen LogP contribution in [0.15, 0.2) is 54.6 Å². The highest BCUT2D eigenvalue weighted by atomic mass is 19.1. The van der Waals surface area contributed by atoms with E-state index in [1.165, 1.54) is 18.2 Å². The number of carbonyl (C=O) groups excluding carboxylic acids is 2. The number of nitrogens with one attached hydrogen (secondary N) is 1. The van der Waals surface area contributed by atoms with Crippen molar-refractivity contribution >= 4 is 17.9 Å². The van der Waals surface area contributed by atoms with Crippen molar-refractivity contribution in [3.63, 3.8) is 0 Å². The third-order valence-electron chi connectivity index (χ3n) is 2.83. The molecule has 3 nitrogen and oxygen atoms in total. The molecule has 2 rings (SSSR count). The fourth-order valence-corrected chi connectivity index (χ4v) is 1.77. The monoisotopic (exact) mass is 283 g/mol. The normalized spacial score (nSPS) is 10.6. The smallest absolute Gasteiger partial charge is 0.261 e. The van der Waals surface area contributed by atoms with Crippen LogP contribution in [-0.4, -0.2) is 11.8 Å². The van der Waals surface area contributed by atoms with Crippen LogP contribution >= 0.6 is 0 Å². The molecule has 2 aromatic rings. The lowest BCUT2D eigenvalue weighted by atomic mass is 10.1. The first-order valence-corrected chi connectivity index (χ1v) is 6.41. The van der Waals surface area contributed by atoms with Crippen LogP contribution in [0.25, 0.3) is 6.08 Å². The maximum atomic E-state index is 13.5. The largest absolute Gasteiger partial charge is 0.289 e. The summed E-state index contributed by atoms with van der Waals surface area (Å²) >= 11 is 0. The predicted octanol–water partition coefficient (Wildman–Crippen LogP) is 3.10. The Morgan fingerprint density at radius 1 is 1.10 bits per heavy atom. The Morgan fingerprint density at radius 2 is 1.81 bits per heavy atom. The van der Waals surface area contributed by atoms with E-state index in [2.05, 4.69) is 5.32 Å². The summed E-state index contributed by atoms with van der Waals surface area (Å²) in [7, 11) is 0. The average Bonchev–Trinajstić information content (AvgIpc) is 2.48. The van der Waals surface area contributed by atoms with E-state index in [-0.39, 0.29) is 5.56 Å². The molecule has 0 aliphatic heterocycles. The van der Waals surface area contributed by atoms with Gasteiger partial charge in [0.05, 0.1) is 5.56 Å². The van der Waals surface area contributed by atoms with Gasteiger partial charge in [-0.05, 0) is 30.7 Å². The topological polar surface area (TPSA) is 46.2 Å². The number of benzene rings is 2. The van der Waals surface area contributed by atoms with E-state index >= 15 is 0 Å². The molecule has 106 valence electrons. The van der Waals surface area contributed by atoms with Crippen molar-refractivity contribution in [1.29, 1.82) is 0 Å². The minimum absolute atomic E-state index is 0.142. The molecule has 0 saturated carbocycles. The Morgan fingerprint density at radius 3 is 2.52 bits per heavy atom. The summed E-state index contributed by atoms with van der Waals surface area (Å²) in [5.41, 5.74) is 1.44. The van der Waals surface area contributed by atoms with Crippen molar-refractivity contribution in [3.05, 3.63) is 77.1 Å². The number of hydrogen-bond donors (Lipinski definition) is 1. The van der Waals surface area contributed by atoms with Crippen LogP contribution in [-0.2, 0) is 4.79 Å². The second kappa shape index (κ2) is 6.61. The fourth-order valence-electron chi connectivity index (χ4n) is 1.77. The van der Waals surface area contributed by atoms with Crippen LogP contribution in [0.3, 0.4) is 0 Å². The second-order valence-corrected chi connectivity index (χ2v) is 4.55. The highest BCUT2D eigenvalue weighted by Gasteiger charge is 2.13. The van der Waals surface area contributed by atoms with Gasteiger partial charge in [-0.2, -0.15) is 0 Å². The van der Waals surface area contributed by atoms with Gasteiger partial charge < -0.3 is 0 Å². The first-order valence-electron chi connectivity index (χ1n) is 6.41. The molecule has 0 aromatic heterocycles. The average molecular weight is 283 g/mol. The molecule has 0 saturated heterocycles. The standard InChI is InChI=1S/C17H14FNO2/c1-12-7-9-15(18)14(11-12)17(21)19-16(20)10-8-13-5-3-2-4-6-13/h2-11H,1H3,(H,19,20,21)/b10-8+. The molecule has 21 heavy (non-hydrogen) atoms. The lowest BCUT2D eigenvalue weighted by Crippen LogP contribution is -2.29. The van der Waals surface area contributed by atoms with E-state index in [1.807, 2.05) is 30.3 Å². The minimum Gasteiger partial charge on any atom is -0.289 e. The molecule has 2 amide bonds. The van der Waals surface area contributed by atoms with E-state index in [4.69, 9.17) is 0 Å². The van der Waals surface area contributed by atoms with Gasteiger partial charge in [0.2, 0.25) is 0 Å². The molecule has 0 aliphatic rings. The summed E-state index contributed by atoms with van der Waals surface area (Å²) in [4.78, 5) is 23.5. The van der Waals surface area contributed by atoms with Gasteiger partial charge in [-0.1, -0.05) is 42.0 Å². The first kappa shape index (κ1) is 14.7. The van der Waals surface area contributed by atoms with Crippen molar-refractivity contribution < 1.29 is 14.0 Å². The van der Waals surface area contributed by atoms with Gasteiger partial charge in [-0.3, -0.25) is 14.9 Å². The molecule has 0 atom stereocenters. The van der Waals surface area contributed by atoms with E-state index in [1.54, 1.807) is 19.1 Å². The Bertz CT molecular complexity index is 693. The molecule has 0 spiro atoms. The number of amides is 2. The minimum atomic E-state index is -0.751. The maximum absolute atomic E-state index is 13.5. The third-order valence-corrected chi connectivity index (χ3v) is 2.83. The highest BCUT2D eigenvalue weighted by Crippen LogP contribution is 2.09. The summed E-state index contributed by atoms with van der Waals surface area (Å²) in [5.74, 6) is -2.00. The number of halogens is 1. The predicted molar refractivity (Wildman–Crippen MR) is 79.1 cm³/mol. The number of hydrogen-bond acceptors (Lipinski definition) is 2. The van der Waals surface area contributed by atoms with Crippen molar-refractivity contribution in [2.24, 2.45) is 0 Å². The van der Waals surface area contributed by atoms with Crippen LogP contribution in [0.4, 0.5) is 4.39 Å². The Hall–Kier alpha value is -2.75. The number of aryl methyl sites for hydroxylation is 1. The van der Waals surface area contributed by atoms with Crippen LogP contribution in [0.1, 0.15) is 21.5 Å². The molecular formula is C17H14FNO2. The van der Waals surface area contributed by atoms with Gasteiger partial charge in [0, 0.05) is 6.08 Å². The molecule has 1 N–H and O–H groups in total. The quantitative estimate of drug-likeness (QED) is 0.880. The SMILES string of the molecule is Cc1ccc(F)c(C(=O)NC(=O)/C=C/c2ccccc2)c1. The summed E-state index contributed by atoms with van der Waals surface area (Å²) < 4.78 is 13.5. The molecule has 0 unspecified atom stereocenters. The molecule has 0 bridgehead atoms. The van der Waals surface area contributed by atoms with E-state index < -0.39 is 17.6 Å². The fraction of sp³-hybridized carbons (Fsp3) is 0.0588. The van der Waals surface area contributed by atoms with Gasteiger partial charge in [0.25, 0.3) is 11.8 Å². The molecule has 0 radical (unpaired) electrons. The number of rotatable bonds is 3. The van der Waals surface area contributed by atoms with E-state index in [9.17, 15) is 14.0 Å². The van der Waals surface area contributed by atoms with E-state index in [0.29, 0.717) is 0 Å². The van der Waals surface area contributed by atoms with Crippen LogP contribution in [0.5, 0.6) is 0 Å². The van der Waals surface area contributed by atoms with Crippen molar-refractivity contribution in [2.45, 2.75) is 6.92 Å². The van der Waals surface area contributed by atoms with Gasteiger partial charge in [-0.15, -0.1) is 0 Å². The third kappa shape index (κ3) is 4.11. The zero-order valence-corrected chi connectivity index (χ0v) is 11.5. The van der Waals surface area contributed by atoms with Gasteiger partial charge in [-0.25, -0.2) is 4.39 Å². The maximum Gasteiger partial charge on any atom is 0.261 e. The number of carbonyl (C=O) groups is 2.